The Morgan fingerprint density at radius 2 is 2.07 bits per heavy atom. The third-order valence-electron chi connectivity index (χ3n) is 1.39. The van der Waals surface area contributed by atoms with E-state index < -0.39 is 13.5 Å². The van der Waals surface area contributed by atoms with Gasteiger partial charge in [0.1, 0.15) is 0 Å². The molecule has 0 aromatic rings. The minimum Gasteiger partial charge on any atom is -0.450 e. The zero-order chi connectivity index (χ0) is 11.2. The number of carbonyl (C=O) groups excluding carboxylic acids is 1. The summed E-state index contributed by atoms with van der Waals surface area (Å²) < 4.78 is 21.4. The largest absolute Gasteiger partial charge is 0.450 e. The summed E-state index contributed by atoms with van der Waals surface area (Å²) in [5.74, 6) is 0. The molecule has 0 bridgehead atoms. The first-order chi connectivity index (χ1) is 6.33. The van der Waals surface area contributed by atoms with Crippen LogP contribution in [0, 0.1) is 0 Å². The van der Waals surface area contributed by atoms with Crippen LogP contribution in [0.15, 0.2) is 0 Å². The van der Waals surface area contributed by atoms with Crippen LogP contribution in [0.1, 0.15) is 20.3 Å². The van der Waals surface area contributed by atoms with Crippen molar-refractivity contribution in [3.05, 3.63) is 0 Å². The van der Waals surface area contributed by atoms with E-state index in [4.69, 9.17) is 10.3 Å². The summed E-state index contributed by atoms with van der Waals surface area (Å²) in [5.41, 5.74) is 4.76. The molecule has 0 spiro atoms. The molecular formula is C8H18NO4P. The summed E-state index contributed by atoms with van der Waals surface area (Å²) in [6.07, 6.45) is 0.0469. The van der Waals surface area contributed by atoms with Gasteiger partial charge in [-0.25, -0.2) is 4.79 Å². The molecular weight excluding hydrogens is 205 g/mol. The Labute approximate surface area is 84.4 Å². The lowest BCUT2D eigenvalue weighted by atomic mass is 10.5. The molecule has 5 nitrogen and oxygen atoms in total. The van der Waals surface area contributed by atoms with Gasteiger partial charge in [-0.2, -0.15) is 0 Å². The van der Waals surface area contributed by atoms with E-state index in [2.05, 4.69) is 4.74 Å². The minimum atomic E-state index is -2.54. The number of hydrogen-bond acceptors (Lipinski definition) is 4. The van der Waals surface area contributed by atoms with Crippen molar-refractivity contribution in [1.29, 1.82) is 0 Å². The average molecular weight is 223 g/mol. The molecule has 1 amide bonds. The Hall–Kier alpha value is -0.540. The van der Waals surface area contributed by atoms with Crippen molar-refractivity contribution in [2.45, 2.75) is 26.4 Å². The van der Waals surface area contributed by atoms with Gasteiger partial charge in [0.25, 0.3) is 0 Å². The molecule has 0 saturated carbocycles. The molecule has 84 valence electrons. The molecule has 0 aliphatic rings. The smallest absolute Gasteiger partial charge is 0.404 e. The zero-order valence-electron chi connectivity index (χ0n) is 8.86. The molecule has 14 heavy (non-hydrogen) atoms. The molecule has 0 aliphatic carbocycles. The van der Waals surface area contributed by atoms with Crippen LogP contribution in [0.4, 0.5) is 4.79 Å². The Morgan fingerprint density at radius 1 is 1.50 bits per heavy atom. The first kappa shape index (κ1) is 13.5. The third kappa shape index (κ3) is 8.08. The molecule has 0 saturated heterocycles. The van der Waals surface area contributed by atoms with Gasteiger partial charge in [-0.1, -0.05) is 0 Å². The standard InChI is InChI=1S/C8H18NO4P/c1-7(2)13-14(3,11)6-4-5-12-8(9)10/h7H,4-6H2,1-3H3,(H2,9,10). The molecule has 0 radical (unpaired) electrons. The first-order valence-electron chi connectivity index (χ1n) is 4.50. The lowest BCUT2D eigenvalue weighted by molar-refractivity contribution is 0.156. The van der Waals surface area contributed by atoms with Crippen molar-refractivity contribution in [2.75, 3.05) is 19.4 Å². The summed E-state index contributed by atoms with van der Waals surface area (Å²) in [7, 11) is -2.54. The van der Waals surface area contributed by atoms with Crippen LogP contribution in [-0.2, 0) is 13.8 Å². The van der Waals surface area contributed by atoms with Gasteiger partial charge in [0.15, 0.2) is 0 Å². The Kier molecular flexibility index (Phi) is 5.81. The lowest BCUT2D eigenvalue weighted by Gasteiger charge is -2.16. The van der Waals surface area contributed by atoms with E-state index in [9.17, 15) is 9.36 Å². The maximum atomic E-state index is 11.7. The number of primary amides is 1. The van der Waals surface area contributed by atoms with Crippen molar-refractivity contribution in [2.24, 2.45) is 5.73 Å². The van der Waals surface area contributed by atoms with E-state index in [1.165, 1.54) is 0 Å². The molecule has 0 heterocycles. The second-order valence-corrected chi connectivity index (χ2v) is 6.10. The topological polar surface area (TPSA) is 78.6 Å². The van der Waals surface area contributed by atoms with Crippen molar-refractivity contribution in [3.8, 4) is 0 Å². The van der Waals surface area contributed by atoms with Gasteiger partial charge in [-0.3, -0.25) is 4.57 Å². The number of rotatable bonds is 6. The summed E-state index contributed by atoms with van der Waals surface area (Å²) in [6.45, 7) is 5.43. The number of hydrogen-bond donors (Lipinski definition) is 1. The van der Waals surface area contributed by atoms with Crippen LogP contribution in [0.2, 0.25) is 0 Å². The van der Waals surface area contributed by atoms with Crippen LogP contribution in [0.25, 0.3) is 0 Å². The SMILES string of the molecule is CC(C)OP(C)(=O)CCCOC(N)=O. The van der Waals surface area contributed by atoms with Crippen LogP contribution in [0.5, 0.6) is 0 Å². The van der Waals surface area contributed by atoms with Gasteiger partial charge in [0.05, 0.1) is 12.7 Å². The average Bonchev–Trinajstić information content (AvgIpc) is 1.95. The molecule has 1 unspecified atom stereocenters. The number of ether oxygens (including phenoxy) is 1. The summed E-state index contributed by atoms with van der Waals surface area (Å²) in [6, 6.07) is 0. The lowest BCUT2D eigenvalue weighted by Crippen LogP contribution is -2.14. The van der Waals surface area contributed by atoms with Crippen LogP contribution < -0.4 is 5.73 Å². The minimum absolute atomic E-state index is 0.0529. The monoisotopic (exact) mass is 223 g/mol. The van der Waals surface area contributed by atoms with Gasteiger partial charge in [0, 0.05) is 12.8 Å². The predicted molar refractivity (Wildman–Crippen MR) is 54.8 cm³/mol. The van der Waals surface area contributed by atoms with Gasteiger partial charge in [0.2, 0.25) is 7.37 Å². The highest BCUT2D eigenvalue weighted by Crippen LogP contribution is 2.44. The van der Waals surface area contributed by atoms with E-state index in [1.807, 2.05) is 13.8 Å². The number of nitrogens with two attached hydrogens (primary N) is 1. The van der Waals surface area contributed by atoms with E-state index in [1.54, 1.807) is 6.66 Å². The summed E-state index contributed by atoms with van der Waals surface area (Å²) >= 11 is 0. The highest BCUT2D eigenvalue weighted by molar-refractivity contribution is 7.58. The molecule has 0 aromatic carbocycles. The molecule has 0 rings (SSSR count). The normalized spacial score (nSPS) is 15.1. The molecule has 0 fully saturated rings. The fraction of sp³-hybridized carbons (Fsp3) is 0.875. The van der Waals surface area contributed by atoms with E-state index in [0.717, 1.165) is 0 Å². The maximum Gasteiger partial charge on any atom is 0.404 e. The van der Waals surface area contributed by atoms with E-state index in [0.29, 0.717) is 12.6 Å². The summed E-state index contributed by atoms with van der Waals surface area (Å²) in [4.78, 5) is 10.2. The highest BCUT2D eigenvalue weighted by atomic mass is 31.2. The fourth-order valence-corrected chi connectivity index (χ4v) is 2.72. The van der Waals surface area contributed by atoms with Gasteiger partial charge in [-0.05, 0) is 20.3 Å². The van der Waals surface area contributed by atoms with Crippen molar-refractivity contribution >= 4 is 13.5 Å². The number of amides is 1. The number of carbonyl (C=O) groups is 1. The van der Waals surface area contributed by atoms with Crippen molar-refractivity contribution < 1.29 is 18.6 Å². The highest BCUT2D eigenvalue weighted by Gasteiger charge is 2.17. The van der Waals surface area contributed by atoms with Gasteiger partial charge in [-0.15, -0.1) is 0 Å². The van der Waals surface area contributed by atoms with Gasteiger partial charge < -0.3 is 15.0 Å². The van der Waals surface area contributed by atoms with E-state index >= 15 is 0 Å². The second kappa shape index (κ2) is 6.04. The van der Waals surface area contributed by atoms with Crippen molar-refractivity contribution in [1.82, 2.24) is 0 Å². The quantitative estimate of drug-likeness (QED) is 0.550. The summed E-state index contributed by atoms with van der Waals surface area (Å²) in [5, 5.41) is 0. The molecule has 0 aliphatic heterocycles. The molecule has 0 aromatic heterocycles. The van der Waals surface area contributed by atoms with Gasteiger partial charge >= 0.3 is 6.09 Å². The van der Waals surface area contributed by atoms with Crippen LogP contribution in [-0.4, -0.2) is 31.6 Å². The third-order valence-corrected chi connectivity index (χ3v) is 3.38. The Balaban J connectivity index is 3.66. The fourth-order valence-electron chi connectivity index (χ4n) is 1.02. The molecule has 1 atom stereocenters. The van der Waals surface area contributed by atoms with E-state index in [-0.39, 0.29) is 12.7 Å². The molecule has 6 heteroatoms. The Bertz CT molecular complexity index is 229. The van der Waals surface area contributed by atoms with Crippen LogP contribution in [0.3, 0.4) is 0 Å². The first-order valence-corrected chi connectivity index (χ1v) is 6.76. The van der Waals surface area contributed by atoms with Crippen molar-refractivity contribution in [3.63, 3.8) is 0 Å². The molecule has 2 N–H and O–H groups in total. The second-order valence-electron chi connectivity index (χ2n) is 3.41. The maximum absolute atomic E-state index is 11.7. The zero-order valence-corrected chi connectivity index (χ0v) is 9.75. The predicted octanol–water partition coefficient (Wildman–Crippen LogP) is 1.80. The Morgan fingerprint density at radius 3 is 2.50 bits per heavy atom. The van der Waals surface area contributed by atoms with Crippen LogP contribution >= 0.6 is 7.37 Å².